The molecule has 1 saturated carbocycles. The van der Waals surface area contributed by atoms with Crippen molar-refractivity contribution in [1.82, 2.24) is 9.97 Å². The van der Waals surface area contributed by atoms with Crippen LogP contribution in [0.3, 0.4) is 0 Å². The topological polar surface area (TPSA) is 66.3 Å². The standard InChI is InChI=1S/C14H17N3O2S/c1-8-10-12(17(2)6-9-4-3-5-9)15-7-16-13(10)20-11(8)14(18)19/h7,9H,3-6H2,1-2H3,(H,18,19). The van der Waals surface area contributed by atoms with E-state index in [4.69, 9.17) is 0 Å². The molecule has 2 heterocycles. The van der Waals surface area contributed by atoms with Gasteiger partial charge in [-0.3, -0.25) is 0 Å². The summed E-state index contributed by atoms with van der Waals surface area (Å²) in [5.74, 6) is 0.698. The Kier molecular flexibility index (Phi) is 3.33. The van der Waals surface area contributed by atoms with Crippen molar-refractivity contribution in [1.29, 1.82) is 0 Å². The third kappa shape index (κ3) is 2.14. The maximum atomic E-state index is 11.3. The van der Waals surface area contributed by atoms with Gasteiger partial charge in [0.15, 0.2) is 0 Å². The summed E-state index contributed by atoms with van der Waals surface area (Å²) in [5, 5.41) is 10.1. The summed E-state index contributed by atoms with van der Waals surface area (Å²) in [4.78, 5) is 23.1. The molecule has 6 heteroatoms. The normalized spacial score (nSPS) is 15.3. The Bertz CT molecular complexity index is 664. The fraction of sp³-hybridized carbons (Fsp3) is 0.500. The quantitative estimate of drug-likeness (QED) is 0.938. The van der Waals surface area contributed by atoms with Crippen LogP contribution in [0.2, 0.25) is 0 Å². The minimum atomic E-state index is -0.891. The summed E-state index contributed by atoms with van der Waals surface area (Å²) in [5.41, 5.74) is 0.772. The number of carboxylic acid groups (broad SMARTS) is 1. The average Bonchev–Trinajstić information content (AvgIpc) is 2.71. The summed E-state index contributed by atoms with van der Waals surface area (Å²) >= 11 is 1.22. The molecule has 0 radical (unpaired) electrons. The van der Waals surface area contributed by atoms with E-state index in [9.17, 15) is 9.90 Å². The molecule has 0 amide bonds. The highest BCUT2D eigenvalue weighted by atomic mass is 32.1. The molecular weight excluding hydrogens is 274 g/mol. The molecule has 1 aliphatic carbocycles. The second kappa shape index (κ2) is 5.01. The van der Waals surface area contributed by atoms with Gasteiger partial charge in [0, 0.05) is 13.6 Å². The lowest BCUT2D eigenvalue weighted by Gasteiger charge is -2.31. The molecule has 0 atom stereocenters. The monoisotopic (exact) mass is 291 g/mol. The molecular formula is C14H17N3O2S. The first-order valence-electron chi connectivity index (χ1n) is 6.76. The number of hydrogen-bond donors (Lipinski definition) is 1. The van der Waals surface area contributed by atoms with Crippen molar-refractivity contribution in [2.75, 3.05) is 18.5 Å². The Hall–Kier alpha value is -1.69. The van der Waals surface area contributed by atoms with Crippen LogP contribution in [0.1, 0.15) is 34.5 Å². The summed E-state index contributed by atoms with van der Waals surface area (Å²) in [6.07, 6.45) is 5.40. The smallest absolute Gasteiger partial charge is 0.346 e. The first kappa shape index (κ1) is 13.3. The van der Waals surface area contributed by atoms with Gasteiger partial charge >= 0.3 is 5.97 Å². The number of aryl methyl sites for hydroxylation is 1. The van der Waals surface area contributed by atoms with E-state index in [1.54, 1.807) is 0 Å². The highest BCUT2D eigenvalue weighted by Gasteiger charge is 2.23. The van der Waals surface area contributed by atoms with Gasteiger partial charge < -0.3 is 10.0 Å². The number of anilines is 1. The molecule has 0 spiro atoms. The largest absolute Gasteiger partial charge is 0.477 e. The van der Waals surface area contributed by atoms with Crippen molar-refractivity contribution in [3.05, 3.63) is 16.8 Å². The first-order chi connectivity index (χ1) is 9.58. The zero-order chi connectivity index (χ0) is 14.3. The van der Waals surface area contributed by atoms with Crippen LogP contribution in [-0.2, 0) is 0 Å². The van der Waals surface area contributed by atoms with Gasteiger partial charge in [0.25, 0.3) is 0 Å². The zero-order valence-corrected chi connectivity index (χ0v) is 12.4. The Balaban J connectivity index is 2.03. The van der Waals surface area contributed by atoms with Crippen LogP contribution in [0.25, 0.3) is 10.2 Å². The van der Waals surface area contributed by atoms with E-state index >= 15 is 0 Å². The van der Waals surface area contributed by atoms with Crippen LogP contribution in [0.15, 0.2) is 6.33 Å². The maximum Gasteiger partial charge on any atom is 0.346 e. The van der Waals surface area contributed by atoms with Crippen LogP contribution in [0.5, 0.6) is 0 Å². The van der Waals surface area contributed by atoms with Crippen LogP contribution >= 0.6 is 11.3 Å². The number of rotatable bonds is 4. The van der Waals surface area contributed by atoms with Gasteiger partial charge in [0.1, 0.15) is 21.9 Å². The zero-order valence-electron chi connectivity index (χ0n) is 11.6. The fourth-order valence-electron chi connectivity index (χ4n) is 2.70. The van der Waals surface area contributed by atoms with E-state index < -0.39 is 5.97 Å². The summed E-state index contributed by atoms with van der Waals surface area (Å²) in [7, 11) is 2.03. The summed E-state index contributed by atoms with van der Waals surface area (Å²) in [6.45, 7) is 2.82. The average molecular weight is 291 g/mol. The molecule has 0 bridgehead atoms. The molecule has 0 aliphatic heterocycles. The van der Waals surface area contributed by atoms with E-state index in [1.807, 2.05) is 14.0 Å². The van der Waals surface area contributed by atoms with Crippen LogP contribution in [0.4, 0.5) is 5.82 Å². The fourth-order valence-corrected chi connectivity index (χ4v) is 3.68. The minimum Gasteiger partial charge on any atom is -0.477 e. The van der Waals surface area contributed by atoms with E-state index in [0.29, 0.717) is 4.88 Å². The Labute approximate surface area is 121 Å². The third-order valence-electron chi connectivity index (χ3n) is 4.02. The van der Waals surface area contributed by atoms with Crippen molar-refractivity contribution in [2.45, 2.75) is 26.2 Å². The molecule has 1 fully saturated rings. The minimum absolute atomic E-state index is 0.360. The Morgan fingerprint density at radius 1 is 1.50 bits per heavy atom. The van der Waals surface area contributed by atoms with Gasteiger partial charge in [-0.2, -0.15) is 0 Å². The molecule has 2 aromatic rings. The molecule has 1 N–H and O–H groups in total. The lowest BCUT2D eigenvalue weighted by Crippen LogP contribution is -2.30. The Morgan fingerprint density at radius 2 is 2.25 bits per heavy atom. The number of aromatic carboxylic acids is 1. The molecule has 0 saturated heterocycles. The van der Waals surface area contributed by atoms with Gasteiger partial charge in [-0.05, 0) is 31.2 Å². The predicted molar refractivity (Wildman–Crippen MR) is 79.7 cm³/mol. The second-order valence-corrected chi connectivity index (χ2v) is 6.42. The van der Waals surface area contributed by atoms with Gasteiger partial charge in [0.05, 0.1) is 5.39 Å². The molecule has 0 aromatic carbocycles. The van der Waals surface area contributed by atoms with E-state index in [0.717, 1.165) is 34.1 Å². The number of nitrogens with zero attached hydrogens (tertiary/aromatic N) is 3. The van der Waals surface area contributed by atoms with Crippen molar-refractivity contribution < 1.29 is 9.90 Å². The van der Waals surface area contributed by atoms with E-state index in [-0.39, 0.29) is 0 Å². The number of hydrogen-bond acceptors (Lipinski definition) is 5. The predicted octanol–water partition coefficient (Wildman–Crippen LogP) is 2.93. The van der Waals surface area contributed by atoms with Crippen molar-refractivity contribution in [2.24, 2.45) is 5.92 Å². The SMILES string of the molecule is Cc1c(C(=O)O)sc2ncnc(N(C)CC3CCC3)c12. The number of fused-ring (bicyclic) bond motifs is 1. The van der Waals surface area contributed by atoms with E-state index in [1.165, 1.54) is 36.9 Å². The van der Waals surface area contributed by atoms with Gasteiger partial charge in [-0.1, -0.05) is 6.42 Å². The van der Waals surface area contributed by atoms with Gasteiger partial charge in [-0.15, -0.1) is 11.3 Å². The summed E-state index contributed by atoms with van der Waals surface area (Å²) in [6, 6.07) is 0. The first-order valence-corrected chi connectivity index (χ1v) is 7.58. The summed E-state index contributed by atoms with van der Waals surface area (Å²) < 4.78 is 0. The Morgan fingerprint density at radius 3 is 2.85 bits per heavy atom. The number of carbonyl (C=O) groups is 1. The van der Waals surface area contributed by atoms with Crippen LogP contribution in [0, 0.1) is 12.8 Å². The molecule has 5 nitrogen and oxygen atoms in total. The molecule has 3 rings (SSSR count). The van der Waals surface area contributed by atoms with Gasteiger partial charge in [0.2, 0.25) is 0 Å². The molecule has 1 aliphatic rings. The molecule has 2 aromatic heterocycles. The van der Waals surface area contributed by atoms with Crippen LogP contribution < -0.4 is 4.90 Å². The van der Waals surface area contributed by atoms with Gasteiger partial charge in [-0.25, -0.2) is 14.8 Å². The molecule has 20 heavy (non-hydrogen) atoms. The maximum absolute atomic E-state index is 11.3. The molecule has 106 valence electrons. The van der Waals surface area contributed by atoms with Crippen molar-refractivity contribution in [3.63, 3.8) is 0 Å². The van der Waals surface area contributed by atoms with Crippen molar-refractivity contribution in [3.8, 4) is 0 Å². The highest BCUT2D eigenvalue weighted by molar-refractivity contribution is 7.20. The highest BCUT2D eigenvalue weighted by Crippen LogP contribution is 2.35. The lowest BCUT2D eigenvalue weighted by molar-refractivity contribution is 0.0701. The van der Waals surface area contributed by atoms with Crippen molar-refractivity contribution >= 4 is 33.3 Å². The lowest BCUT2D eigenvalue weighted by atomic mass is 9.85. The second-order valence-electron chi connectivity index (χ2n) is 5.42. The molecule has 0 unspecified atom stereocenters. The number of aromatic nitrogens is 2. The third-order valence-corrected chi connectivity index (χ3v) is 5.21. The van der Waals surface area contributed by atoms with E-state index in [2.05, 4.69) is 14.9 Å². The van der Waals surface area contributed by atoms with Crippen LogP contribution in [-0.4, -0.2) is 34.6 Å². The number of thiophene rings is 1. The number of carboxylic acids is 1.